The van der Waals surface area contributed by atoms with Gasteiger partial charge in [-0.25, -0.2) is 4.39 Å². The molecular formula is C14H20FN3O. The van der Waals surface area contributed by atoms with Crippen LogP contribution in [0.3, 0.4) is 0 Å². The number of nitrogens with two attached hydrogens (primary N) is 2. The minimum absolute atomic E-state index is 0.123. The smallest absolute Gasteiger partial charge is 0.236 e. The summed E-state index contributed by atoms with van der Waals surface area (Å²) in [6.07, 6.45) is 4.31. The predicted molar refractivity (Wildman–Crippen MR) is 73.1 cm³/mol. The van der Waals surface area contributed by atoms with Crippen LogP contribution in [0.5, 0.6) is 0 Å². The normalized spacial score (nSPS) is 15.7. The molecule has 0 radical (unpaired) electrons. The van der Waals surface area contributed by atoms with Gasteiger partial charge < -0.3 is 16.4 Å². The van der Waals surface area contributed by atoms with Crippen molar-refractivity contribution >= 4 is 11.6 Å². The van der Waals surface area contributed by atoms with Crippen LogP contribution in [0.15, 0.2) is 18.2 Å². The maximum absolute atomic E-state index is 13.6. The summed E-state index contributed by atoms with van der Waals surface area (Å²) in [6.45, 7) is 0.401. The van der Waals surface area contributed by atoms with E-state index < -0.39 is 5.91 Å². The SMILES string of the molecule is NCc1cc(F)cc(N(CC(N)=O)C2CCCC2)c1. The van der Waals surface area contributed by atoms with Gasteiger partial charge in [0.2, 0.25) is 5.91 Å². The van der Waals surface area contributed by atoms with Crippen LogP contribution in [-0.4, -0.2) is 18.5 Å². The molecule has 1 aliphatic carbocycles. The second-order valence-electron chi connectivity index (χ2n) is 5.05. The molecule has 0 heterocycles. The highest BCUT2D eigenvalue weighted by Gasteiger charge is 2.24. The van der Waals surface area contributed by atoms with Crippen LogP contribution in [-0.2, 0) is 11.3 Å². The van der Waals surface area contributed by atoms with Crippen LogP contribution in [0.2, 0.25) is 0 Å². The summed E-state index contributed by atoms with van der Waals surface area (Å²) in [4.78, 5) is 13.2. The third-order valence-corrected chi connectivity index (χ3v) is 3.60. The van der Waals surface area contributed by atoms with Crippen molar-refractivity contribution in [3.8, 4) is 0 Å². The first kappa shape index (κ1) is 13.8. The standard InChI is InChI=1S/C14H20FN3O/c15-11-5-10(8-16)6-13(7-11)18(9-14(17)19)12-3-1-2-4-12/h5-7,12H,1-4,8-9,16H2,(H2,17,19). The molecule has 0 aliphatic heterocycles. The zero-order valence-corrected chi connectivity index (χ0v) is 10.9. The molecule has 0 bridgehead atoms. The van der Waals surface area contributed by atoms with Crippen molar-refractivity contribution in [3.05, 3.63) is 29.6 Å². The number of halogens is 1. The Hall–Kier alpha value is -1.62. The summed E-state index contributed by atoms with van der Waals surface area (Å²) in [5.41, 5.74) is 12.3. The first-order valence-corrected chi connectivity index (χ1v) is 6.64. The summed E-state index contributed by atoms with van der Waals surface area (Å²) >= 11 is 0. The molecule has 1 amide bonds. The maximum Gasteiger partial charge on any atom is 0.236 e. The van der Waals surface area contributed by atoms with Crippen LogP contribution in [0, 0.1) is 5.82 Å². The van der Waals surface area contributed by atoms with E-state index >= 15 is 0 Å². The fourth-order valence-electron chi connectivity index (χ4n) is 2.73. The highest BCUT2D eigenvalue weighted by Crippen LogP contribution is 2.29. The molecule has 1 aromatic rings. The second kappa shape index (κ2) is 6.02. The van der Waals surface area contributed by atoms with Crippen LogP contribution < -0.4 is 16.4 Å². The van der Waals surface area contributed by atoms with Crippen molar-refractivity contribution in [3.63, 3.8) is 0 Å². The Labute approximate surface area is 112 Å². The number of anilines is 1. The minimum Gasteiger partial charge on any atom is -0.368 e. The summed E-state index contributed by atoms with van der Waals surface area (Å²) in [5, 5.41) is 0. The third kappa shape index (κ3) is 3.44. The molecule has 1 fully saturated rings. The molecule has 0 saturated heterocycles. The van der Waals surface area contributed by atoms with E-state index in [0.717, 1.165) is 31.2 Å². The van der Waals surface area contributed by atoms with Crippen molar-refractivity contribution in [1.29, 1.82) is 0 Å². The highest BCUT2D eigenvalue weighted by molar-refractivity contribution is 5.79. The molecule has 0 aromatic heterocycles. The Morgan fingerprint density at radius 1 is 1.32 bits per heavy atom. The molecule has 1 aromatic carbocycles. The quantitative estimate of drug-likeness (QED) is 0.847. The van der Waals surface area contributed by atoms with Crippen LogP contribution in [0.1, 0.15) is 31.2 Å². The molecule has 19 heavy (non-hydrogen) atoms. The van der Waals surface area contributed by atoms with E-state index in [9.17, 15) is 9.18 Å². The van der Waals surface area contributed by atoms with E-state index in [1.807, 2.05) is 11.0 Å². The fraction of sp³-hybridized carbons (Fsp3) is 0.500. The molecule has 0 spiro atoms. The van der Waals surface area contributed by atoms with Gasteiger partial charge in [0.1, 0.15) is 5.82 Å². The zero-order valence-electron chi connectivity index (χ0n) is 10.9. The lowest BCUT2D eigenvalue weighted by Crippen LogP contribution is -2.40. The van der Waals surface area contributed by atoms with Gasteiger partial charge in [0.05, 0.1) is 6.54 Å². The molecular weight excluding hydrogens is 245 g/mol. The Morgan fingerprint density at radius 3 is 2.58 bits per heavy atom. The average molecular weight is 265 g/mol. The first-order valence-electron chi connectivity index (χ1n) is 6.64. The number of rotatable bonds is 5. The lowest BCUT2D eigenvalue weighted by atomic mass is 10.1. The number of carbonyl (C=O) groups excluding carboxylic acids is 1. The number of amides is 1. The summed E-state index contributed by atoms with van der Waals surface area (Å²) in [6, 6.07) is 4.96. The van der Waals surface area contributed by atoms with Crippen LogP contribution >= 0.6 is 0 Å². The minimum atomic E-state index is -0.398. The molecule has 0 unspecified atom stereocenters. The highest BCUT2D eigenvalue weighted by atomic mass is 19.1. The Kier molecular flexibility index (Phi) is 4.37. The van der Waals surface area contributed by atoms with Gasteiger partial charge in [-0.2, -0.15) is 0 Å². The van der Waals surface area contributed by atoms with E-state index in [1.165, 1.54) is 12.1 Å². The maximum atomic E-state index is 13.6. The first-order chi connectivity index (χ1) is 9.10. The van der Waals surface area contributed by atoms with Gasteiger partial charge in [-0.15, -0.1) is 0 Å². The van der Waals surface area contributed by atoms with Gasteiger partial charge in [0.15, 0.2) is 0 Å². The van der Waals surface area contributed by atoms with Crippen molar-refractivity contribution in [1.82, 2.24) is 0 Å². The van der Waals surface area contributed by atoms with Crippen LogP contribution in [0.25, 0.3) is 0 Å². The Bertz CT molecular complexity index is 458. The summed E-state index contributed by atoms with van der Waals surface area (Å²) in [7, 11) is 0. The van der Waals surface area contributed by atoms with Gasteiger partial charge in [0.25, 0.3) is 0 Å². The lowest BCUT2D eigenvalue weighted by Gasteiger charge is -2.30. The Morgan fingerprint density at radius 2 is 2.00 bits per heavy atom. The summed E-state index contributed by atoms with van der Waals surface area (Å²) in [5.74, 6) is -0.726. The van der Waals surface area contributed by atoms with Gasteiger partial charge in [-0.3, -0.25) is 4.79 Å². The Balaban J connectivity index is 2.30. The number of nitrogens with zero attached hydrogens (tertiary/aromatic N) is 1. The largest absolute Gasteiger partial charge is 0.368 e. The van der Waals surface area contributed by atoms with Crippen molar-refractivity contribution in [2.24, 2.45) is 11.5 Å². The predicted octanol–water partition coefficient (Wildman–Crippen LogP) is 1.52. The molecule has 4 N–H and O–H groups in total. The molecule has 4 nitrogen and oxygen atoms in total. The molecule has 1 saturated carbocycles. The molecule has 1 aliphatic rings. The third-order valence-electron chi connectivity index (χ3n) is 3.60. The lowest BCUT2D eigenvalue weighted by molar-refractivity contribution is -0.116. The van der Waals surface area contributed by atoms with Crippen molar-refractivity contribution in [2.75, 3.05) is 11.4 Å². The average Bonchev–Trinajstić information content (AvgIpc) is 2.88. The molecule has 2 rings (SSSR count). The number of primary amides is 1. The molecule has 5 heteroatoms. The number of carbonyl (C=O) groups is 1. The van der Waals surface area contributed by atoms with Crippen molar-refractivity contribution in [2.45, 2.75) is 38.3 Å². The van der Waals surface area contributed by atoms with E-state index in [0.29, 0.717) is 5.69 Å². The molecule has 104 valence electrons. The number of hydrogen-bond acceptors (Lipinski definition) is 3. The monoisotopic (exact) mass is 265 g/mol. The fourth-order valence-corrected chi connectivity index (χ4v) is 2.73. The van der Waals surface area contributed by atoms with Crippen LogP contribution in [0.4, 0.5) is 10.1 Å². The van der Waals surface area contributed by atoms with Gasteiger partial charge >= 0.3 is 0 Å². The van der Waals surface area contributed by atoms with E-state index in [1.54, 1.807) is 0 Å². The van der Waals surface area contributed by atoms with E-state index in [2.05, 4.69) is 0 Å². The number of hydrogen-bond donors (Lipinski definition) is 2. The van der Waals surface area contributed by atoms with E-state index in [-0.39, 0.29) is 24.9 Å². The zero-order chi connectivity index (χ0) is 13.8. The second-order valence-corrected chi connectivity index (χ2v) is 5.05. The van der Waals surface area contributed by atoms with Gasteiger partial charge in [0, 0.05) is 18.3 Å². The van der Waals surface area contributed by atoms with Gasteiger partial charge in [-0.05, 0) is 36.6 Å². The summed E-state index contributed by atoms with van der Waals surface area (Å²) < 4.78 is 13.6. The van der Waals surface area contributed by atoms with E-state index in [4.69, 9.17) is 11.5 Å². The van der Waals surface area contributed by atoms with Crippen molar-refractivity contribution < 1.29 is 9.18 Å². The topological polar surface area (TPSA) is 72.3 Å². The molecule has 0 atom stereocenters. The van der Waals surface area contributed by atoms with Gasteiger partial charge in [-0.1, -0.05) is 12.8 Å². The number of benzene rings is 1.